The van der Waals surface area contributed by atoms with Gasteiger partial charge >= 0.3 is 16.1 Å². The average Bonchev–Trinajstić information content (AvgIpc) is 3.81. The molecule has 4 N–H and O–H groups in total. The Kier molecular flexibility index (Phi) is 10.5. The average molecular weight is 735 g/mol. The molecule has 0 saturated carbocycles. The number of amides is 3. The first-order valence-electron chi connectivity index (χ1n) is 16.2. The molecule has 51 heavy (non-hydrogen) atoms. The smallest absolute Gasteiger partial charge is 0.348 e. The van der Waals surface area contributed by atoms with E-state index in [4.69, 9.17) is 14.4 Å². The maximum Gasteiger partial charge on any atom is 0.348 e. The molecule has 3 atom stereocenters. The maximum atomic E-state index is 14.0. The fourth-order valence-corrected chi connectivity index (χ4v) is 8.42. The standard InChI is InChI=1S/C36H36FN5O7S2/c1-42(22-25-4-8-26(37)9-5-25)19-2-3-28(23-42)41(35(44)31(38)21-24-6-12-29(43)13-7-24)36(45)39-27-10-14-30(15-11-27)49-51(46,47)34-17-16-33(50-34)32-18-20-48-40-32/h4-18,20,28,31H,2-3,19,21-23,38H2,1H3,(H-,39,43,45)/p+1/t28-,31-,42?/m0/s1. The van der Waals surface area contributed by atoms with Gasteiger partial charge in [0.15, 0.2) is 4.21 Å². The number of piperidine rings is 1. The van der Waals surface area contributed by atoms with Gasteiger partial charge in [-0.15, -0.1) is 11.3 Å². The van der Waals surface area contributed by atoms with E-state index in [1.54, 1.807) is 36.4 Å². The number of quaternary nitrogens is 1. The van der Waals surface area contributed by atoms with Crippen LogP contribution in [0.5, 0.6) is 11.5 Å². The minimum absolute atomic E-state index is 0.0204. The molecule has 0 radical (unpaired) electrons. The van der Waals surface area contributed by atoms with Gasteiger partial charge in [-0.05, 0) is 85.5 Å². The third-order valence-electron chi connectivity index (χ3n) is 8.72. The van der Waals surface area contributed by atoms with Crippen LogP contribution in [-0.4, -0.2) is 72.2 Å². The second kappa shape index (κ2) is 15.0. The lowest BCUT2D eigenvalue weighted by Crippen LogP contribution is -2.62. The van der Waals surface area contributed by atoms with Crippen LogP contribution in [0.2, 0.25) is 0 Å². The fraction of sp³-hybridized carbons (Fsp3) is 0.250. The normalized spacial score (nSPS) is 18.1. The molecule has 1 saturated heterocycles. The third-order valence-corrected chi connectivity index (χ3v) is 11.5. The number of imide groups is 1. The van der Waals surface area contributed by atoms with Crippen molar-refractivity contribution in [3.63, 3.8) is 0 Å². The molecule has 1 aliphatic heterocycles. The molecular weight excluding hydrogens is 698 g/mol. The Labute approximate surface area is 298 Å². The number of anilines is 1. The molecule has 0 bridgehead atoms. The summed E-state index contributed by atoms with van der Waals surface area (Å²) in [5.41, 5.74) is 8.89. The molecule has 1 fully saturated rings. The molecule has 0 aliphatic carbocycles. The van der Waals surface area contributed by atoms with E-state index in [0.29, 0.717) is 40.3 Å². The monoisotopic (exact) mass is 734 g/mol. The lowest BCUT2D eigenvalue weighted by Gasteiger charge is -2.44. The highest BCUT2D eigenvalue weighted by molar-refractivity contribution is 7.89. The minimum Gasteiger partial charge on any atom is -0.508 e. The maximum absolute atomic E-state index is 14.0. The number of carbonyl (C=O) groups is 2. The Morgan fingerprint density at radius 3 is 2.45 bits per heavy atom. The molecule has 2 aromatic heterocycles. The van der Waals surface area contributed by atoms with E-state index in [0.717, 1.165) is 35.4 Å². The van der Waals surface area contributed by atoms with Crippen LogP contribution in [0, 0.1) is 5.82 Å². The van der Waals surface area contributed by atoms with E-state index in [1.165, 1.54) is 65.8 Å². The van der Waals surface area contributed by atoms with Crippen molar-refractivity contribution in [1.29, 1.82) is 0 Å². The van der Waals surface area contributed by atoms with Crippen LogP contribution in [0.3, 0.4) is 0 Å². The van der Waals surface area contributed by atoms with Gasteiger partial charge in [0.05, 0.1) is 30.6 Å². The van der Waals surface area contributed by atoms with Crippen molar-refractivity contribution in [3.8, 4) is 22.1 Å². The first-order chi connectivity index (χ1) is 24.4. The number of phenols is 1. The number of thiophene rings is 1. The second-order valence-corrected chi connectivity index (χ2v) is 15.6. The number of carbonyl (C=O) groups excluding carboxylic acids is 2. The fourth-order valence-electron chi connectivity index (χ4n) is 6.26. The predicted molar refractivity (Wildman–Crippen MR) is 189 cm³/mol. The molecular formula is C36H37FN5O7S2+. The summed E-state index contributed by atoms with van der Waals surface area (Å²) < 4.78 is 50.2. The first kappa shape index (κ1) is 35.7. The van der Waals surface area contributed by atoms with Crippen molar-refractivity contribution in [2.45, 2.75) is 42.1 Å². The summed E-state index contributed by atoms with van der Waals surface area (Å²) in [5, 5.41) is 16.3. The molecule has 3 aromatic carbocycles. The zero-order valence-corrected chi connectivity index (χ0v) is 29.3. The van der Waals surface area contributed by atoms with Gasteiger partial charge in [-0.1, -0.05) is 29.4 Å². The summed E-state index contributed by atoms with van der Waals surface area (Å²) in [4.78, 5) is 29.8. The van der Waals surface area contributed by atoms with Crippen LogP contribution < -0.4 is 15.2 Å². The molecule has 12 nitrogen and oxygen atoms in total. The number of halogens is 1. The van der Waals surface area contributed by atoms with Gasteiger partial charge in [-0.3, -0.25) is 9.69 Å². The minimum atomic E-state index is -4.16. The van der Waals surface area contributed by atoms with Crippen molar-refractivity contribution in [2.24, 2.45) is 5.73 Å². The van der Waals surface area contributed by atoms with Crippen LogP contribution in [0.1, 0.15) is 24.0 Å². The van der Waals surface area contributed by atoms with E-state index < -0.39 is 34.1 Å². The number of likely N-dealkylation sites (N-methyl/N-ethyl adjacent to an activating group) is 1. The van der Waals surface area contributed by atoms with Gasteiger partial charge in [0.2, 0.25) is 5.91 Å². The highest BCUT2D eigenvalue weighted by Gasteiger charge is 2.41. The number of rotatable bonds is 11. The van der Waals surface area contributed by atoms with Crippen LogP contribution in [0.4, 0.5) is 14.9 Å². The highest BCUT2D eigenvalue weighted by Crippen LogP contribution is 2.32. The van der Waals surface area contributed by atoms with Gasteiger partial charge in [-0.2, -0.15) is 8.42 Å². The van der Waals surface area contributed by atoms with Gasteiger partial charge < -0.3 is 29.3 Å². The second-order valence-electron chi connectivity index (χ2n) is 12.8. The van der Waals surface area contributed by atoms with Crippen LogP contribution in [-0.2, 0) is 27.9 Å². The summed E-state index contributed by atoms with van der Waals surface area (Å²) in [7, 11) is -2.11. The first-order valence-corrected chi connectivity index (χ1v) is 18.4. The molecule has 1 unspecified atom stereocenters. The Hall–Kier alpha value is -5.09. The van der Waals surface area contributed by atoms with E-state index in [-0.39, 0.29) is 27.9 Å². The number of aromatic hydroxyl groups is 1. The van der Waals surface area contributed by atoms with Crippen molar-refractivity contribution < 1.29 is 40.7 Å². The van der Waals surface area contributed by atoms with E-state index >= 15 is 0 Å². The number of likely N-dealkylation sites (tertiary alicyclic amines) is 1. The summed E-state index contributed by atoms with van der Waals surface area (Å²) in [6.07, 6.45) is 2.83. The largest absolute Gasteiger partial charge is 0.508 e. The topological polar surface area (TPSA) is 165 Å². The van der Waals surface area contributed by atoms with E-state index in [2.05, 4.69) is 10.5 Å². The van der Waals surface area contributed by atoms with E-state index in [1.807, 2.05) is 7.05 Å². The predicted octanol–water partition coefficient (Wildman–Crippen LogP) is 5.76. The van der Waals surface area contributed by atoms with Crippen LogP contribution >= 0.6 is 11.3 Å². The summed E-state index contributed by atoms with van der Waals surface area (Å²) >= 11 is 0.984. The highest BCUT2D eigenvalue weighted by atomic mass is 32.3. The SMILES string of the molecule is C[N+]1(Cc2ccc(F)cc2)CCC[C@H](N(C(=O)Nc2ccc(OS(=O)(=O)c3ccc(-c4ccon4)s3)cc2)C(=O)[C@@H](N)Cc2ccc(O)cc2)C1. The number of hydrogen-bond acceptors (Lipinski definition) is 10. The molecule has 266 valence electrons. The molecule has 3 heterocycles. The van der Waals surface area contributed by atoms with Gasteiger partial charge in [0, 0.05) is 17.3 Å². The number of benzene rings is 3. The van der Waals surface area contributed by atoms with Gasteiger partial charge in [-0.25, -0.2) is 9.18 Å². The van der Waals surface area contributed by atoms with Crippen LogP contribution in [0.25, 0.3) is 10.6 Å². The summed E-state index contributed by atoms with van der Waals surface area (Å²) in [6, 6.07) is 20.8. The van der Waals surface area contributed by atoms with Crippen LogP contribution in [0.15, 0.2) is 106 Å². The summed E-state index contributed by atoms with van der Waals surface area (Å²) in [6.45, 7) is 1.83. The molecule has 0 spiro atoms. The number of aromatic nitrogens is 1. The van der Waals surface area contributed by atoms with Crippen molar-refractivity contribution in [3.05, 3.63) is 114 Å². The summed E-state index contributed by atoms with van der Waals surface area (Å²) in [5.74, 6) is -0.782. The zero-order valence-electron chi connectivity index (χ0n) is 27.6. The van der Waals surface area contributed by atoms with Gasteiger partial charge in [0.25, 0.3) is 0 Å². The van der Waals surface area contributed by atoms with Crippen molar-refractivity contribution in [1.82, 2.24) is 10.1 Å². The molecule has 6 rings (SSSR count). The number of nitrogens with one attached hydrogen (secondary N) is 1. The molecule has 3 amide bonds. The number of nitrogens with zero attached hydrogens (tertiary/aromatic N) is 3. The Morgan fingerprint density at radius 1 is 1.06 bits per heavy atom. The van der Waals surface area contributed by atoms with Crippen molar-refractivity contribution >= 4 is 39.1 Å². The Bertz CT molecular complexity index is 2070. The quantitative estimate of drug-likeness (QED) is 0.113. The zero-order chi connectivity index (χ0) is 36.2. The van der Waals surface area contributed by atoms with Gasteiger partial charge in [0.1, 0.15) is 42.4 Å². The molecule has 5 aromatic rings. The third kappa shape index (κ3) is 8.80. The molecule has 15 heteroatoms. The number of urea groups is 1. The molecule has 1 aliphatic rings. The van der Waals surface area contributed by atoms with Crippen molar-refractivity contribution in [2.75, 3.05) is 25.5 Å². The lowest BCUT2D eigenvalue weighted by molar-refractivity contribution is -0.928. The number of phenolic OH excluding ortho intramolecular Hbond substituents is 1. The number of hydrogen-bond donors (Lipinski definition) is 3. The lowest BCUT2D eigenvalue weighted by atomic mass is 9.98. The number of nitrogens with two attached hydrogens (primary N) is 1. The Balaban J connectivity index is 1.18. The Morgan fingerprint density at radius 2 is 1.76 bits per heavy atom. The van der Waals surface area contributed by atoms with E-state index in [9.17, 15) is 27.5 Å².